The Bertz CT molecular complexity index is 553. The van der Waals surface area contributed by atoms with Crippen LogP contribution in [0.3, 0.4) is 0 Å². The molecule has 4 heteroatoms. The number of halogens is 1. The van der Waals surface area contributed by atoms with Gasteiger partial charge in [0.2, 0.25) is 0 Å². The standard InChI is InChI=1S/C16H20BrN3/c1-18-14-8-4-12(5-9-14)16-19-10-15(20-16)11-2-6-13(17)7-3-11/h2-3,6-7,10,12,14,18H,4-5,8-9H2,1H3,(H,19,20). The first-order valence-electron chi connectivity index (χ1n) is 7.24. The number of nitrogens with one attached hydrogen (secondary N) is 2. The number of aromatic nitrogens is 2. The predicted molar refractivity (Wildman–Crippen MR) is 85.8 cm³/mol. The number of imidazole rings is 1. The molecule has 1 saturated carbocycles. The molecule has 3 rings (SSSR count). The van der Waals surface area contributed by atoms with Gasteiger partial charge in [-0.05, 0) is 50.4 Å². The van der Waals surface area contributed by atoms with Gasteiger partial charge in [-0.15, -0.1) is 0 Å². The van der Waals surface area contributed by atoms with Crippen molar-refractivity contribution >= 4 is 15.9 Å². The maximum absolute atomic E-state index is 4.60. The molecule has 0 bridgehead atoms. The van der Waals surface area contributed by atoms with Crippen molar-refractivity contribution in [1.82, 2.24) is 15.3 Å². The van der Waals surface area contributed by atoms with Gasteiger partial charge in [-0.3, -0.25) is 0 Å². The second-order valence-electron chi connectivity index (χ2n) is 5.53. The number of rotatable bonds is 3. The fourth-order valence-corrected chi connectivity index (χ4v) is 3.24. The minimum atomic E-state index is 0.587. The molecule has 106 valence electrons. The summed E-state index contributed by atoms with van der Waals surface area (Å²) >= 11 is 3.47. The van der Waals surface area contributed by atoms with Gasteiger partial charge in [0.1, 0.15) is 5.82 Å². The lowest BCUT2D eigenvalue weighted by molar-refractivity contribution is 0.352. The third kappa shape index (κ3) is 2.96. The molecule has 0 aliphatic heterocycles. The average molecular weight is 334 g/mol. The van der Waals surface area contributed by atoms with Gasteiger partial charge in [0.05, 0.1) is 11.9 Å². The second-order valence-corrected chi connectivity index (χ2v) is 6.44. The zero-order valence-electron chi connectivity index (χ0n) is 11.7. The molecule has 0 saturated heterocycles. The van der Waals surface area contributed by atoms with Crippen molar-refractivity contribution in [2.75, 3.05) is 7.05 Å². The van der Waals surface area contributed by atoms with Crippen LogP contribution in [0.2, 0.25) is 0 Å². The minimum Gasteiger partial charge on any atom is -0.342 e. The monoisotopic (exact) mass is 333 g/mol. The van der Waals surface area contributed by atoms with E-state index in [9.17, 15) is 0 Å². The maximum Gasteiger partial charge on any atom is 0.109 e. The molecule has 1 fully saturated rings. The smallest absolute Gasteiger partial charge is 0.109 e. The zero-order chi connectivity index (χ0) is 13.9. The molecule has 2 N–H and O–H groups in total. The molecule has 1 aliphatic rings. The van der Waals surface area contributed by atoms with Crippen molar-refractivity contribution in [3.05, 3.63) is 40.8 Å². The van der Waals surface area contributed by atoms with Crippen LogP contribution in [0, 0.1) is 0 Å². The fraction of sp³-hybridized carbons (Fsp3) is 0.438. The van der Waals surface area contributed by atoms with Crippen LogP contribution >= 0.6 is 15.9 Å². The van der Waals surface area contributed by atoms with E-state index in [4.69, 9.17) is 0 Å². The van der Waals surface area contributed by atoms with Gasteiger partial charge >= 0.3 is 0 Å². The number of hydrogen-bond acceptors (Lipinski definition) is 2. The third-order valence-electron chi connectivity index (χ3n) is 4.27. The van der Waals surface area contributed by atoms with E-state index in [1.54, 1.807) is 0 Å². The normalized spacial score (nSPS) is 22.9. The lowest BCUT2D eigenvalue weighted by Gasteiger charge is -2.26. The molecule has 20 heavy (non-hydrogen) atoms. The first-order chi connectivity index (χ1) is 9.76. The summed E-state index contributed by atoms with van der Waals surface area (Å²) in [7, 11) is 2.06. The summed E-state index contributed by atoms with van der Waals surface area (Å²) < 4.78 is 1.10. The Morgan fingerprint density at radius 2 is 1.85 bits per heavy atom. The highest BCUT2D eigenvalue weighted by atomic mass is 79.9. The van der Waals surface area contributed by atoms with Gasteiger partial charge in [-0.25, -0.2) is 4.98 Å². The molecule has 0 amide bonds. The van der Waals surface area contributed by atoms with Crippen LogP contribution in [0.4, 0.5) is 0 Å². The van der Waals surface area contributed by atoms with Crippen molar-refractivity contribution in [3.8, 4) is 11.3 Å². The van der Waals surface area contributed by atoms with Gasteiger partial charge in [0, 0.05) is 16.4 Å². The lowest BCUT2D eigenvalue weighted by atomic mass is 9.86. The second kappa shape index (κ2) is 6.10. The van der Waals surface area contributed by atoms with Crippen LogP contribution in [-0.2, 0) is 0 Å². The average Bonchev–Trinajstić information content (AvgIpc) is 2.98. The van der Waals surface area contributed by atoms with E-state index in [0.29, 0.717) is 12.0 Å². The SMILES string of the molecule is CNC1CCC(c2ncc(-c3ccc(Br)cc3)[nH]2)CC1. The first-order valence-corrected chi connectivity index (χ1v) is 8.03. The third-order valence-corrected chi connectivity index (χ3v) is 4.80. The van der Waals surface area contributed by atoms with Crippen LogP contribution < -0.4 is 5.32 Å². The van der Waals surface area contributed by atoms with Crippen LogP contribution in [0.1, 0.15) is 37.4 Å². The highest BCUT2D eigenvalue weighted by Gasteiger charge is 2.23. The number of benzene rings is 1. The minimum absolute atomic E-state index is 0.587. The highest BCUT2D eigenvalue weighted by Crippen LogP contribution is 2.32. The maximum atomic E-state index is 4.60. The van der Waals surface area contributed by atoms with E-state index < -0.39 is 0 Å². The lowest BCUT2D eigenvalue weighted by Crippen LogP contribution is -2.29. The molecule has 1 aromatic heterocycles. The van der Waals surface area contributed by atoms with Gasteiger partial charge in [0.25, 0.3) is 0 Å². The van der Waals surface area contributed by atoms with E-state index in [0.717, 1.165) is 16.0 Å². The van der Waals surface area contributed by atoms with Gasteiger partial charge < -0.3 is 10.3 Å². The van der Waals surface area contributed by atoms with E-state index >= 15 is 0 Å². The summed E-state index contributed by atoms with van der Waals surface area (Å²) in [6.45, 7) is 0. The Kier molecular flexibility index (Phi) is 4.22. The summed E-state index contributed by atoms with van der Waals surface area (Å²) in [5.41, 5.74) is 2.30. The molecule has 1 heterocycles. The first kappa shape index (κ1) is 13.8. The van der Waals surface area contributed by atoms with Gasteiger partial charge in [0.15, 0.2) is 0 Å². The molecule has 0 atom stereocenters. The van der Waals surface area contributed by atoms with Crippen LogP contribution in [-0.4, -0.2) is 23.1 Å². The molecule has 0 unspecified atom stereocenters. The van der Waals surface area contributed by atoms with E-state index in [1.807, 2.05) is 6.20 Å². The Morgan fingerprint density at radius 3 is 2.50 bits per heavy atom. The number of hydrogen-bond donors (Lipinski definition) is 2. The van der Waals surface area contributed by atoms with E-state index in [2.05, 4.69) is 62.5 Å². The summed E-state index contributed by atoms with van der Waals surface area (Å²) in [4.78, 5) is 8.11. The van der Waals surface area contributed by atoms with Crippen molar-refractivity contribution in [3.63, 3.8) is 0 Å². The van der Waals surface area contributed by atoms with E-state index in [-0.39, 0.29) is 0 Å². The van der Waals surface area contributed by atoms with Crippen LogP contribution in [0.5, 0.6) is 0 Å². The predicted octanol–water partition coefficient (Wildman–Crippen LogP) is 4.08. The molecule has 0 radical (unpaired) electrons. The van der Waals surface area contributed by atoms with Crippen LogP contribution in [0.25, 0.3) is 11.3 Å². The molecule has 3 nitrogen and oxygen atoms in total. The summed E-state index contributed by atoms with van der Waals surface area (Å²) in [5.74, 6) is 1.74. The molecule has 2 aromatic rings. The zero-order valence-corrected chi connectivity index (χ0v) is 13.3. The van der Waals surface area contributed by atoms with Crippen molar-refractivity contribution in [2.45, 2.75) is 37.6 Å². The topological polar surface area (TPSA) is 40.7 Å². The summed E-state index contributed by atoms with van der Waals surface area (Å²) in [6.07, 6.45) is 6.89. The molecule has 1 aromatic carbocycles. The highest BCUT2D eigenvalue weighted by molar-refractivity contribution is 9.10. The van der Waals surface area contributed by atoms with Crippen molar-refractivity contribution < 1.29 is 0 Å². The Morgan fingerprint density at radius 1 is 1.15 bits per heavy atom. The van der Waals surface area contributed by atoms with Crippen molar-refractivity contribution in [1.29, 1.82) is 0 Å². The van der Waals surface area contributed by atoms with Gasteiger partial charge in [-0.1, -0.05) is 28.1 Å². The number of H-pyrrole nitrogens is 1. The van der Waals surface area contributed by atoms with Crippen LogP contribution in [0.15, 0.2) is 34.9 Å². The van der Waals surface area contributed by atoms with Gasteiger partial charge in [-0.2, -0.15) is 0 Å². The summed E-state index contributed by atoms with van der Waals surface area (Å²) in [5, 5.41) is 3.38. The Hall–Kier alpha value is -1.13. The quantitative estimate of drug-likeness (QED) is 0.888. The Balaban J connectivity index is 1.72. The largest absolute Gasteiger partial charge is 0.342 e. The number of nitrogens with zero attached hydrogens (tertiary/aromatic N) is 1. The molecular formula is C16H20BrN3. The summed E-state index contributed by atoms with van der Waals surface area (Å²) in [6, 6.07) is 9.03. The fourth-order valence-electron chi connectivity index (χ4n) is 2.98. The Labute approximate surface area is 128 Å². The van der Waals surface area contributed by atoms with E-state index in [1.165, 1.54) is 31.2 Å². The van der Waals surface area contributed by atoms with Crippen molar-refractivity contribution in [2.24, 2.45) is 0 Å². The molecule has 0 spiro atoms. The molecule has 1 aliphatic carbocycles. The molecular weight excluding hydrogens is 314 g/mol. The number of aromatic amines is 1.